The number of hydrogen-bond donors (Lipinski definition) is 4. The highest BCUT2D eigenvalue weighted by Crippen LogP contribution is 2.37. The van der Waals surface area contributed by atoms with Gasteiger partial charge >= 0.3 is 7.82 Å². The molecule has 0 bridgehead atoms. The second-order valence-electron chi connectivity index (χ2n) is 7.32. The topological polar surface area (TPSA) is 122 Å². The Morgan fingerprint density at radius 3 is 2.37 bits per heavy atom. The summed E-state index contributed by atoms with van der Waals surface area (Å²) in [6, 6.07) is 12.3. The predicted octanol–water partition coefficient (Wildman–Crippen LogP) is 3.40. The lowest BCUT2D eigenvalue weighted by molar-refractivity contribution is 0.102. The maximum atomic E-state index is 14.6. The summed E-state index contributed by atoms with van der Waals surface area (Å²) < 4.78 is 35.5. The smallest absolute Gasteiger partial charge is 0.469 e. The number of halogens is 1. The number of phosphoric acid groups is 1. The van der Waals surface area contributed by atoms with E-state index >= 15 is 0 Å². The Morgan fingerprint density at radius 2 is 1.80 bits per heavy atom. The third kappa shape index (κ3) is 7.80. The van der Waals surface area contributed by atoms with Crippen molar-refractivity contribution in [2.24, 2.45) is 5.73 Å². The van der Waals surface area contributed by atoms with Crippen molar-refractivity contribution in [1.82, 2.24) is 0 Å². The molecule has 2 aromatic rings. The van der Waals surface area contributed by atoms with Crippen LogP contribution in [0.4, 0.5) is 4.39 Å². The Bertz CT molecular complexity index is 857. The van der Waals surface area contributed by atoms with Gasteiger partial charge in [-0.2, -0.15) is 0 Å². The Kier molecular flexibility index (Phi) is 8.97. The number of benzene rings is 2. The monoisotopic (exact) mass is 441 g/mol. The largest absolute Gasteiger partial charge is 0.494 e. The van der Waals surface area contributed by atoms with Crippen LogP contribution in [0.3, 0.4) is 0 Å². The van der Waals surface area contributed by atoms with Crippen molar-refractivity contribution in [1.29, 1.82) is 0 Å². The third-order valence-corrected chi connectivity index (χ3v) is 5.20. The standard InChI is InChI=1S/C21H29FNO6P/c1-2-3-12-28-19-8-6-16(7-9-19)18-5-4-17(20(22)13-18)10-11-21(23,14-24)15-29-30(25,26)27/h4-9,13,24H,2-3,10-12,14-15,23H2,1H3,(H2,25,26,27). The summed E-state index contributed by atoms with van der Waals surface area (Å²) in [4.78, 5) is 17.6. The highest BCUT2D eigenvalue weighted by atomic mass is 31.2. The fourth-order valence-corrected chi connectivity index (χ4v) is 3.23. The second kappa shape index (κ2) is 11.0. The Labute approximate surface area is 175 Å². The first kappa shape index (κ1) is 24.5. The van der Waals surface area contributed by atoms with E-state index in [1.165, 1.54) is 6.07 Å². The molecule has 0 spiro atoms. The Hall–Kier alpha value is -1.80. The summed E-state index contributed by atoms with van der Waals surface area (Å²) >= 11 is 0. The summed E-state index contributed by atoms with van der Waals surface area (Å²) in [7, 11) is -4.71. The first-order valence-electron chi connectivity index (χ1n) is 9.77. The number of phosphoric ester groups is 1. The van der Waals surface area contributed by atoms with Crippen molar-refractivity contribution >= 4 is 7.82 Å². The lowest BCUT2D eigenvalue weighted by atomic mass is 9.93. The zero-order valence-electron chi connectivity index (χ0n) is 17.0. The van der Waals surface area contributed by atoms with Crippen LogP contribution in [0.25, 0.3) is 11.1 Å². The van der Waals surface area contributed by atoms with Crippen molar-refractivity contribution in [3.05, 3.63) is 53.8 Å². The minimum Gasteiger partial charge on any atom is -0.494 e. The van der Waals surface area contributed by atoms with Crippen molar-refractivity contribution in [3.63, 3.8) is 0 Å². The van der Waals surface area contributed by atoms with Crippen LogP contribution < -0.4 is 10.5 Å². The molecule has 0 aromatic heterocycles. The van der Waals surface area contributed by atoms with Gasteiger partial charge in [-0.15, -0.1) is 0 Å². The molecule has 2 rings (SSSR count). The number of rotatable bonds is 12. The van der Waals surface area contributed by atoms with Gasteiger partial charge in [-0.1, -0.05) is 37.6 Å². The van der Waals surface area contributed by atoms with E-state index < -0.39 is 32.4 Å². The van der Waals surface area contributed by atoms with E-state index in [2.05, 4.69) is 11.4 Å². The van der Waals surface area contributed by atoms with Crippen LogP contribution in [0.1, 0.15) is 31.7 Å². The molecule has 0 radical (unpaired) electrons. The van der Waals surface area contributed by atoms with Crippen LogP contribution in [-0.2, 0) is 15.5 Å². The number of unbranched alkanes of at least 4 members (excludes halogenated alkanes) is 1. The van der Waals surface area contributed by atoms with Gasteiger partial charge in [0.25, 0.3) is 0 Å². The lowest BCUT2D eigenvalue weighted by Gasteiger charge is -2.27. The van der Waals surface area contributed by atoms with Gasteiger partial charge in [-0.25, -0.2) is 8.96 Å². The number of aryl methyl sites for hydroxylation is 1. The summed E-state index contributed by atoms with van der Waals surface area (Å²) in [6.45, 7) is 1.66. The van der Waals surface area contributed by atoms with Crippen LogP contribution >= 0.6 is 7.82 Å². The molecule has 0 aliphatic carbocycles. The van der Waals surface area contributed by atoms with Crippen LogP contribution in [0.15, 0.2) is 42.5 Å². The Balaban J connectivity index is 2.01. The fourth-order valence-electron chi connectivity index (χ4n) is 2.80. The zero-order chi connectivity index (χ0) is 22.2. The molecular formula is C21H29FNO6P. The number of aliphatic hydroxyl groups is 1. The van der Waals surface area contributed by atoms with Gasteiger partial charge in [-0.05, 0) is 54.2 Å². The van der Waals surface area contributed by atoms with Gasteiger partial charge in [0.1, 0.15) is 11.6 Å². The number of hydrogen-bond acceptors (Lipinski definition) is 5. The minimum atomic E-state index is -4.71. The van der Waals surface area contributed by atoms with Crippen molar-refractivity contribution in [2.75, 3.05) is 19.8 Å². The van der Waals surface area contributed by atoms with Crippen molar-refractivity contribution in [3.8, 4) is 16.9 Å². The number of aliphatic hydroxyl groups excluding tert-OH is 1. The van der Waals surface area contributed by atoms with Gasteiger partial charge in [0.15, 0.2) is 0 Å². The molecular weight excluding hydrogens is 412 g/mol. The fraction of sp³-hybridized carbons (Fsp3) is 0.429. The van der Waals surface area contributed by atoms with E-state index in [4.69, 9.17) is 20.3 Å². The maximum Gasteiger partial charge on any atom is 0.469 e. The van der Waals surface area contributed by atoms with Gasteiger partial charge < -0.3 is 25.4 Å². The average molecular weight is 441 g/mol. The molecule has 1 unspecified atom stereocenters. The van der Waals surface area contributed by atoms with E-state index in [1.807, 2.05) is 24.3 Å². The quantitative estimate of drug-likeness (QED) is 0.294. The first-order valence-corrected chi connectivity index (χ1v) is 11.3. The highest BCUT2D eigenvalue weighted by Gasteiger charge is 2.29. The minimum absolute atomic E-state index is 0.0869. The van der Waals surface area contributed by atoms with E-state index in [0.29, 0.717) is 17.7 Å². The number of nitrogens with two attached hydrogens (primary N) is 1. The summed E-state index contributed by atoms with van der Waals surface area (Å²) in [5.41, 5.74) is 6.49. The van der Waals surface area contributed by atoms with Gasteiger partial charge in [0, 0.05) is 0 Å². The molecule has 0 saturated carbocycles. The highest BCUT2D eigenvalue weighted by molar-refractivity contribution is 7.46. The predicted molar refractivity (Wildman–Crippen MR) is 113 cm³/mol. The average Bonchev–Trinajstić information content (AvgIpc) is 2.71. The number of ether oxygens (including phenoxy) is 1. The van der Waals surface area contributed by atoms with Crippen molar-refractivity contribution < 1.29 is 33.1 Å². The molecule has 2 aromatic carbocycles. The molecule has 30 heavy (non-hydrogen) atoms. The zero-order valence-corrected chi connectivity index (χ0v) is 17.9. The molecule has 7 nitrogen and oxygen atoms in total. The molecule has 0 fully saturated rings. The van der Waals surface area contributed by atoms with Gasteiger partial charge in [0.05, 0.1) is 25.4 Å². The molecule has 0 aliphatic rings. The molecule has 166 valence electrons. The second-order valence-corrected chi connectivity index (χ2v) is 8.56. The van der Waals surface area contributed by atoms with Gasteiger partial charge in [0.2, 0.25) is 0 Å². The van der Waals surface area contributed by atoms with Crippen LogP contribution in [0.2, 0.25) is 0 Å². The van der Waals surface area contributed by atoms with E-state index in [1.54, 1.807) is 12.1 Å². The molecule has 1 atom stereocenters. The van der Waals surface area contributed by atoms with Gasteiger partial charge in [-0.3, -0.25) is 4.52 Å². The molecule has 5 N–H and O–H groups in total. The first-order chi connectivity index (χ1) is 14.2. The molecule has 0 aliphatic heterocycles. The molecule has 9 heteroatoms. The summed E-state index contributed by atoms with van der Waals surface area (Å²) in [6.07, 6.45) is 2.31. The van der Waals surface area contributed by atoms with Crippen LogP contribution in [0.5, 0.6) is 5.75 Å². The van der Waals surface area contributed by atoms with Crippen LogP contribution in [-0.4, -0.2) is 40.3 Å². The normalized spacial score (nSPS) is 13.8. The molecule has 0 amide bonds. The van der Waals surface area contributed by atoms with Crippen molar-refractivity contribution in [2.45, 2.75) is 38.1 Å². The molecule has 0 saturated heterocycles. The summed E-state index contributed by atoms with van der Waals surface area (Å²) in [5.74, 6) is 0.345. The van der Waals surface area contributed by atoms with E-state index in [9.17, 15) is 14.1 Å². The third-order valence-electron chi connectivity index (χ3n) is 4.73. The van der Waals surface area contributed by atoms with E-state index in [-0.39, 0.29) is 12.8 Å². The summed E-state index contributed by atoms with van der Waals surface area (Å²) in [5, 5.41) is 9.45. The molecule has 0 heterocycles. The lowest BCUT2D eigenvalue weighted by Crippen LogP contribution is -2.48. The van der Waals surface area contributed by atoms with Crippen LogP contribution in [0, 0.1) is 5.82 Å². The van der Waals surface area contributed by atoms with E-state index in [0.717, 1.165) is 24.2 Å². The maximum absolute atomic E-state index is 14.6. The Morgan fingerprint density at radius 1 is 1.13 bits per heavy atom. The SMILES string of the molecule is CCCCOc1ccc(-c2ccc(CCC(N)(CO)COP(=O)(O)O)c(F)c2)cc1.